The summed E-state index contributed by atoms with van der Waals surface area (Å²) < 4.78 is 5.15. The molecule has 0 aromatic heterocycles. The van der Waals surface area contributed by atoms with Crippen LogP contribution >= 0.6 is 0 Å². The Morgan fingerprint density at radius 1 is 1.25 bits per heavy atom. The fourth-order valence-electron chi connectivity index (χ4n) is 2.07. The normalized spacial score (nSPS) is 10.9. The molecule has 0 saturated carbocycles. The Labute approximate surface area is 123 Å². The molecule has 1 aromatic rings. The van der Waals surface area contributed by atoms with Gasteiger partial charge in [-0.15, -0.1) is 6.58 Å². The first-order chi connectivity index (χ1) is 9.80. The van der Waals surface area contributed by atoms with E-state index in [9.17, 15) is 0 Å². The van der Waals surface area contributed by atoms with E-state index in [-0.39, 0.29) is 0 Å². The quantitative estimate of drug-likeness (QED) is 0.497. The fraction of sp³-hybridized carbons (Fsp3) is 0.529. The third kappa shape index (κ3) is 6.85. The first-order valence-corrected chi connectivity index (χ1v) is 7.40. The van der Waals surface area contributed by atoms with Crippen molar-refractivity contribution >= 4 is 0 Å². The lowest BCUT2D eigenvalue weighted by Gasteiger charge is -2.20. The van der Waals surface area contributed by atoms with Crippen LogP contribution in [0.3, 0.4) is 0 Å². The zero-order chi connectivity index (χ0) is 14.6. The first-order valence-electron chi connectivity index (χ1n) is 7.40. The second kappa shape index (κ2) is 10.6. The second-order valence-corrected chi connectivity index (χ2v) is 5.01. The van der Waals surface area contributed by atoms with Crippen LogP contribution in [0.4, 0.5) is 0 Å². The number of methoxy groups -OCH3 is 1. The molecule has 0 saturated heterocycles. The van der Waals surface area contributed by atoms with Crippen molar-refractivity contribution in [3.05, 3.63) is 48.0 Å². The summed E-state index contributed by atoms with van der Waals surface area (Å²) in [6.45, 7) is 11.6. The van der Waals surface area contributed by atoms with Gasteiger partial charge in [0.25, 0.3) is 0 Å². The van der Waals surface area contributed by atoms with Crippen LogP contribution in [0.5, 0.6) is 0 Å². The predicted molar refractivity (Wildman–Crippen MR) is 85.8 cm³/mol. The minimum atomic E-state index is 0.757. The SMILES string of the molecule is C=CCN(CCOC)Cc1ccc(CNCCC)cc1. The number of nitrogens with one attached hydrogen (secondary N) is 1. The number of hydrogen-bond acceptors (Lipinski definition) is 3. The van der Waals surface area contributed by atoms with Crippen molar-refractivity contribution in [2.24, 2.45) is 0 Å². The molecule has 3 nitrogen and oxygen atoms in total. The van der Waals surface area contributed by atoms with E-state index < -0.39 is 0 Å². The fourth-order valence-corrected chi connectivity index (χ4v) is 2.07. The Hall–Kier alpha value is -1.16. The van der Waals surface area contributed by atoms with Gasteiger partial charge in [0.2, 0.25) is 0 Å². The molecule has 0 amide bonds. The van der Waals surface area contributed by atoms with Crippen LogP contribution in [0.1, 0.15) is 24.5 Å². The largest absolute Gasteiger partial charge is 0.383 e. The monoisotopic (exact) mass is 276 g/mol. The van der Waals surface area contributed by atoms with Crippen LogP contribution in [0.25, 0.3) is 0 Å². The maximum atomic E-state index is 5.15. The second-order valence-electron chi connectivity index (χ2n) is 5.01. The van der Waals surface area contributed by atoms with Gasteiger partial charge in [-0.1, -0.05) is 37.3 Å². The van der Waals surface area contributed by atoms with Gasteiger partial charge in [0, 0.05) is 33.3 Å². The van der Waals surface area contributed by atoms with E-state index in [0.717, 1.165) is 39.3 Å². The predicted octanol–water partition coefficient (Wildman–Crippen LogP) is 2.82. The number of ether oxygens (including phenoxy) is 1. The maximum absolute atomic E-state index is 5.15. The molecule has 20 heavy (non-hydrogen) atoms. The zero-order valence-electron chi connectivity index (χ0n) is 12.9. The summed E-state index contributed by atoms with van der Waals surface area (Å²) in [6, 6.07) is 8.85. The molecule has 0 heterocycles. The smallest absolute Gasteiger partial charge is 0.0589 e. The van der Waals surface area contributed by atoms with Gasteiger partial charge in [0.05, 0.1) is 6.61 Å². The van der Waals surface area contributed by atoms with Crippen LogP contribution in [-0.2, 0) is 17.8 Å². The van der Waals surface area contributed by atoms with Crippen molar-refractivity contribution in [3.63, 3.8) is 0 Å². The van der Waals surface area contributed by atoms with Gasteiger partial charge >= 0.3 is 0 Å². The molecule has 0 aliphatic rings. The summed E-state index contributed by atoms with van der Waals surface area (Å²) in [5.74, 6) is 0. The van der Waals surface area contributed by atoms with E-state index in [1.54, 1.807) is 7.11 Å². The standard InChI is InChI=1S/C17H28N2O/c1-4-10-18-14-16-6-8-17(9-7-16)15-19(11-5-2)12-13-20-3/h5-9,18H,2,4,10-15H2,1,3H3. The lowest BCUT2D eigenvalue weighted by Crippen LogP contribution is -2.27. The highest BCUT2D eigenvalue weighted by Crippen LogP contribution is 2.08. The zero-order valence-corrected chi connectivity index (χ0v) is 12.9. The summed E-state index contributed by atoms with van der Waals surface area (Å²) in [5, 5.41) is 3.42. The third-order valence-electron chi connectivity index (χ3n) is 3.18. The first kappa shape index (κ1) is 16.9. The van der Waals surface area contributed by atoms with Gasteiger partial charge in [-0.2, -0.15) is 0 Å². The van der Waals surface area contributed by atoms with Crippen molar-refractivity contribution in [1.82, 2.24) is 10.2 Å². The van der Waals surface area contributed by atoms with Crippen molar-refractivity contribution in [2.75, 3.05) is 33.4 Å². The Kier molecular flexibility index (Phi) is 8.96. The number of benzene rings is 1. The van der Waals surface area contributed by atoms with E-state index in [1.807, 2.05) is 6.08 Å². The highest BCUT2D eigenvalue weighted by atomic mass is 16.5. The molecule has 0 radical (unpaired) electrons. The summed E-state index contributed by atoms with van der Waals surface area (Å²) >= 11 is 0. The van der Waals surface area contributed by atoms with Gasteiger partial charge in [0.1, 0.15) is 0 Å². The lowest BCUT2D eigenvalue weighted by atomic mass is 10.1. The van der Waals surface area contributed by atoms with Crippen LogP contribution in [0.15, 0.2) is 36.9 Å². The van der Waals surface area contributed by atoms with E-state index in [4.69, 9.17) is 4.74 Å². The molecule has 0 aliphatic heterocycles. The molecule has 0 bridgehead atoms. The maximum Gasteiger partial charge on any atom is 0.0589 e. The summed E-state index contributed by atoms with van der Waals surface area (Å²) in [6.07, 6.45) is 3.12. The summed E-state index contributed by atoms with van der Waals surface area (Å²) in [4.78, 5) is 2.33. The van der Waals surface area contributed by atoms with Crippen molar-refractivity contribution < 1.29 is 4.74 Å². The Balaban J connectivity index is 2.46. The van der Waals surface area contributed by atoms with Crippen molar-refractivity contribution in [3.8, 4) is 0 Å². The van der Waals surface area contributed by atoms with E-state index in [0.29, 0.717) is 0 Å². The van der Waals surface area contributed by atoms with Gasteiger partial charge in [0.15, 0.2) is 0 Å². The Morgan fingerprint density at radius 3 is 2.55 bits per heavy atom. The van der Waals surface area contributed by atoms with E-state index in [1.165, 1.54) is 17.5 Å². The van der Waals surface area contributed by atoms with E-state index in [2.05, 4.69) is 48.0 Å². The third-order valence-corrected chi connectivity index (χ3v) is 3.18. The summed E-state index contributed by atoms with van der Waals surface area (Å²) in [5.41, 5.74) is 2.68. The number of nitrogens with zero attached hydrogens (tertiary/aromatic N) is 1. The molecule has 0 unspecified atom stereocenters. The highest BCUT2D eigenvalue weighted by molar-refractivity contribution is 5.22. The minimum Gasteiger partial charge on any atom is -0.383 e. The number of rotatable bonds is 11. The molecule has 1 N–H and O–H groups in total. The molecule has 3 heteroatoms. The molecular formula is C17H28N2O. The van der Waals surface area contributed by atoms with Gasteiger partial charge in [-0.05, 0) is 24.1 Å². The Bertz CT molecular complexity index is 362. The molecule has 0 spiro atoms. The molecule has 1 aromatic carbocycles. The van der Waals surface area contributed by atoms with Crippen LogP contribution in [0, 0.1) is 0 Å². The van der Waals surface area contributed by atoms with Crippen LogP contribution < -0.4 is 5.32 Å². The van der Waals surface area contributed by atoms with Crippen LogP contribution in [-0.4, -0.2) is 38.3 Å². The van der Waals surface area contributed by atoms with Gasteiger partial charge in [-0.3, -0.25) is 4.90 Å². The topological polar surface area (TPSA) is 24.5 Å². The number of hydrogen-bond donors (Lipinski definition) is 1. The Morgan fingerprint density at radius 2 is 1.95 bits per heavy atom. The van der Waals surface area contributed by atoms with Crippen molar-refractivity contribution in [1.29, 1.82) is 0 Å². The average molecular weight is 276 g/mol. The molecule has 0 aliphatic carbocycles. The summed E-state index contributed by atoms with van der Waals surface area (Å²) in [7, 11) is 1.74. The van der Waals surface area contributed by atoms with E-state index >= 15 is 0 Å². The molecule has 112 valence electrons. The van der Waals surface area contributed by atoms with Crippen molar-refractivity contribution in [2.45, 2.75) is 26.4 Å². The van der Waals surface area contributed by atoms with Gasteiger partial charge < -0.3 is 10.1 Å². The average Bonchev–Trinajstić information content (AvgIpc) is 2.47. The van der Waals surface area contributed by atoms with Crippen LogP contribution in [0.2, 0.25) is 0 Å². The molecule has 0 fully saturated rings. The lowest BCUT2D eigenvalue weighted by molar-refractivity contribution is 0.151. The molecular weight excluding hydrogens is 248 g/mol. The highest BCUT2D eigenvalue weighted by Gasteiger charge is 2.04. The van der Waals surface area contributed by atoms with Gasteiger partial charge in [-0.25, -0.2) is 0 Å². The molecule has 1 rings (SSSR count). The molecule has 0 atom stereocenters. The minimum absolute atomic E-state index is 0.757.